The number of sulfonamides is 1. The monoisotopic (exact) mass is 362 g/mol. The second-order valence-electron chi connectivity index (χ2n) is 6.35. The number of hydrogen-bond acceptors (Lipinski definition) is 4. The van der Waals surface area contributed by atoms with Crippen LogP contribution in [0.2, 0.25) is 0 Å². The third kappa shape index (κ3) is 3.93. The molecular formula is C18H22N2O4S. The van der Waals surface area contributed by atoms with Gasteiger partial charge in [0.05, 0.1) is 11.2 Å². The lowest BCUT2D eigenvalue weighted by molar-refractivity contribution is -0.116. The smallest absolute Gasteiger partial charge is 0.240 e. The summed E-state index contributed by atoms with van der Waals surface area (Å²) in [6.45, 7) is 3.95. The van der Waals surface area contributed by atoms with Crippen LogP contribution < -0.4 is 9.62 Å². The molecule has 1 aliphatic heterocycles. The van der Waals surface area contributed by atoms with Crippen LogP contribution in [0.15, 0.2) is 45.9 Å². The standard InChI is InChI=1S/C18H22N2O4S/c1-13(5-6-16-4-3-11-24-16)19-25(22,23)17-7-8-18-15(12-17)9-10-20(18)14(2)21/h3-4,7-8,11-13,19H,5-6,9-10H2,1-2H3/t13-/m0/s1. The van der Waals surface area contributed by atoms with E-state index in [9.17, 15) is 13.2 Å². The maximum atomic E-state index is 12.6. The lowest BCUT2D eigenvalue weighted by Gasteiger charge is -2.16. The number of benzene rings is 1. The summed E-state index contributed by atoms with van der Waals surface area (Å²) in [6, 6.07) is 8.42. The fourth-order valence-corrected chi connectivity index (χ4v) is 4.41. The Morgan fingerprint density at radius 1 is 1.36 bits per heavy atom. The van der Waals surface area contributed by atoms with E-state index in [0.717, 1.165) is 17.0 Å². The van der Waals surface area contributed by atoms with Gasteiger partial charge in [-0.2, -0.15) is 0 Å². The SMILES string of the molecule is CC(=O)N1CCc2cc(S(=O)(=O)N[C@@H](C)CCc3ccco3)ccc21. The summed E-state index contributed by atoms with van der Waals surface area (Å²) in [5, 5.41) is 0. The average molecular weight is 362 g/mol. The summed E-state index contributed by atoms with van der Waals surface area (Å²) < 4.78 is 33.2. The van der Waals surface area contributed by atoms with Gasteiger partial charge < -0.3 is 9.32 Å². The molecule has 0 saturated heterocycles. The molecule has 134 valence electrons. The van der Waals surface area contributed by atoms with Gasteiger partial charge in [0.2, 0.25) is 15.9 Å². The van der Waals surface area contributed by atoms with Crippen molar-refractivity contribution < 1.29 is 17.6 Å². The van der Waals surface area contributed by atoms with Crippen molar-refractivity contribution in [2.24, 2.45) is 0 Å². The molecule has 0 radical (unpaired) electrons. The highest BCUT2D eigenvalue weighted by molar-refractivity contribution is 7.89. The quantitative estimate of drug-likeness (QED) is 0.856. The molecule has 25 heavy (non-hydrogen) atoms. The van der Waals surface area contributed by atoms with Crippen LogP contribution in [0.25, 0.3) is 0 Å². The second kappa shape index (κ2) is 7.01. The van der Waals surface area contributed by atoms with Crippen LogP contribution in [0.5, 0.6) is 0 Å². The van der Waals surface area contributed by atoms with Crippen LogP contribution >= 0.6 is 0 Å². The van der Waals surface area contributed by atoms with Crippen molar-refractivity contribution >= 4 is 21.6 Å². The van der Waals surface area contributed by atoms with Crippen LogP contribution in [0, 0.1) is 0 Å². The fourth-order valence-electron chi connectivity index (χ4n) is 3.08. The summed E-state index contributed by atoms with van der Waals surface area (Å²) in [5.74, 6) is 0.812. The molecule has 0 aliphatic carbocycles. The summed E-state index contributed by atoms with van der Waals surface area (Å²) in [4.78, 5) is 13.5. The van der Waals surface area contributed by atoms with Gasteiger partial charge in [-0.25, -0.2) is 13.1 Å². The van der Waals surface area contributed by atoms with E-state index in [2.05, 4.69) is 4.72 Å². The molecule has 0 spiro atoms. The van der Waals surface area contributed by atoms with E-state index in [0.29, 0.717) is 25.8 Å². The molecule has 1 aromatic carbocycles. The minimum Gasteiger partial charge on any atom is -0.469 e. The molecule has 3 rings (SSSR count). The first kappa shape index (κ1) is 17.7. The molecule has 1 N–H and O–H groups in total. The molecule has 1 aliphatic rings. The maximum absolute atomic E-state index is 12.6. The third-order valence-electron chi connectivity index (χ3n) is 4.40. The number of carbonyl (C=O) groups excluding carboxylic acids is 1. The number of rotatable bonds is 6. The summed E-state index contributed by atoms with van der Waals surface area (Å²) >= 11 is 0. The zero-order valence-electron chi connectivity index (χ0n) is 14.4. The van der Waals surface area contributed by atoms with E-state index in [4.69, 9.17) is 4.42 Å². The molecular weight excluding hydrogens is 340 g/mol. The second-order valence-corrected chi connectivity index (χ2v) is 8.07. The molecule has 7 heteroatoms. The number of hydrogen-bond donors (Lipinski definition) is 1. The van der Waals surface area contributed by atoms with Crippen LogP contribution in [-0.4, -0.2) is 26.9 Å². The van der Waals surface area contributed by atoms with Crippen molar-refractivity contribution in [3.05, 3.63) is 47.9 Å². The van der Waals surface area contributed by atoms with Gasteiger partial charge in [-0.3, -0.25) is 4.79 Å². The maximum Gasteiger partial charge on any atom is 0.240 e. The highest BCUT2D eigenvalue weighted by Crippen LogP contribution is 2.30. The van der Waals surface area contributed by atoms with Gasteiger partial charge in [0.15, 0.2) is 0 Å². The highest BCUT2D eigenvalue weighted by Gasteiger charge is 2.25. The largest absolute Gasteiger partial charge is 0.469 e. The highest BCUT2D eigenvalue weighted by atomic mass is 32.2. The van der Waals surface area contributed by atoms with E-state index < -0.39 is 10.0 Å². The Morgan fingerprint density at radius 2 is 2.16 bits per heavy atom. The normalized spacial score (nSPS) is 15.2. The topological polar surface area (TPSA) is 79.6 Å². The lowest BCUT2D eigenvalue weighted by Crippen LogP contribution is -2.33. The Balaban J connectivity index is 1.69. The van der Waals surface area contributed by atoms with E-state index >= 15 is 0 Å². The first-order chi connectivity index (χ1) is 11.9. The predicted molar refractivity (Wildman–Crippen MR) is 95.0 cm³/mol. The average Bonchev–Trinajstić information content (AvgIpc) is 3.21. The van der Waals surface area contributed by atoms with Crippen molar-refractivity contribution in [1.29, 1.82) is 0 Å². The minimum absolute atomic E-state index is 0.0287. The number of amides is 1. The predicted octanol–water partition coefficient (Wildman–Crippen LogP) is 2.49. The van der Waals surface area contributed by atoms with Crippen LogP contribution in [0.4, 0.5) is 5.69 Å². The number of fused-ring (bicyclic) bond motifs is 1. The summed E-state index contributed by atoms with van der Waals surface area (Å²) in [7, 11) is -3.59. The molecule has 2 heterocycles. The number of nitrogens with one attached hydrogen (secondary N) is 1. The van der Waals surface area contributed by atoms with Crippen molar-refractivity contribution in [2.45, 2.75) is 44.0 Å². The minimum atomic E-state index is -3.59. The Morgan fingerprint density at radius 3 is 2.84 bits per heavy atom. The van der Waals surface area contributed by atoms with E-state index in [1.54, 1.807) is 29.4 Å². The molecule has 0 fully saturated rings. The lowest BCUT2D eigenvalue weighted by atomic mass is 10.2. The number of aryl methyl sites for hydroxylation is 1. The summed E-state index contributed by atoms with van der Waals surface area (Å²) in [6.07, 6.45) is 3.61. The Bertz CT molecular complexity index is 859. The van der Waals surface area contributed by atoms with Crippen molar-refractivity contribution in [1.82, 2.24) is 4.72 Å². The molecule has 1 aromatic heterocycles. The van der Waals surface area contributed by atoms with Crippen molar-refractivity contribution in [3.63, 3.8) is 0 Å². The molecule has 0 unspecified atom stereocenters. The van der Waals surface area contributed by atoms with Crippen LogP contribution in [-0.2, 0) is 27.7 Å². The number of anilines is 1. The molecule has 1 amide bonds. The number of nitrogens with zero attached hydrogens (tertiary/aromatic N) is 1. The Kier molecular flexibility index (Phi) is 4.96. The Labute approximate surface area is 147 Å². The molecule has 2 aromatic rings. The van der Waals surface area contributed by atoms with Crippen molar-refractivity contribution in [2.75, 3.05) is 11.4 Å². The van der Waals surface area contributed by atoms with E-state index in [1.807, 2.05) is 19.1 Å². The molecule has 0 saturated carbocycles. The van der Waals surface area contributed by atoms with Gasteiger partial charge in [-0.15, -0.1) is 0 Å². The van der Waals surface area contributed by atoms with Gasteiger partial charge in [-0.1, -0.05) is 0 Å². The van der Waals surface area contributed by atoms with Gasteiger partial charge in [0.25, 0.3) is 0 Å². The van der Waals surface area contributed by atoms with Crippen LogP contribution in [0.1, 0.15) is 31.6 Å². The third-order valence-corrected chi connectivity index (χ3v) is 5.98. The number of furan rings is 1. The van der Waals surface area contributed by atoms with Gasteiger partial charge >= 0.3 is 0 Å². The fraction of sp³-hybridized carbons (Fsp3) is 0.389. The zero-order chi connectivity index (χ0) is 18.0. The van der Waals surface area contributed by atoms with Crippen LogP contribution in [0.3, 0.4) is 0 Å². The molecule has 0 bridgehead atoms. The van der Waals surface area contributed by atoms with E-state index in [1.165, 1.54) is 6.92 Å². The first-order valence-corrected chi connectivity index (χ1v) is 9.81. The summed E-state index contributed by atoms with van der Waals surface area (Å²) in [5.41, 5.74) is 1.69. The molecule has 1 atom stereocenters. The van der Waals surface area contributed by atoms with Gasteiger partial charge in [0, 0.05) is 31.6 Å². The number of carbonyl (C=O) groups is 1. The van der Waals surface area contributed by atoms with Gasteiger partial charge in [-0.05, 0) is 55.7 Å². The first-order valence-electron chi connectivity index (χ1n) is 8.32. The zero-order valence-corrected chi connectivity index (χ0v) is 15.2. The Hall–Kier alpha value is -2.12. The van der Waals surface area contributed by atoms with Crippen molar-refractivity contribution in [3.8, 4) is 0 Å². The molecule has 6 nitrogen and oxygen atoms in total. The van der Waals surface area contributed by atoms with E-state index in [-0.39, 0.29) is 16.8 Å². The van der Waals surface area contributed by atoms with Gasteiger partial charge in [0.1, 0.15) is 5.76 Å².